The maximum atomic E-state index is 5.84. The number of likely N-dealkylation sites (tertiary alicyclic amines) is 1. The molecular formula is C18H23BrN4O2. The molecule has 1 fully saturated rings. The molecule has 2 aliphatic rings. The molecule has 4 rings (SSSR count). The van der Waals surface area contributed by atoms with Gasteiger partial charge in [0, 0.05) is 30.5 Å². The van der Waals surface area contributed by atoms with Crippen LogP contribution in [-0.4, -0.2) is 46.0 Å². The minimum atomic E-state index is 0.620. The molecule has 134 valence electrons. The van der Waals surface area contributed by atoms with E-state index in [-0.39, 0.29) is 0 Å². The smallest absolute Gasteiger partial charge is 0.162 e. The van der Waals surface area contributed by atoms with E-state index in [0.29, 0.717) is 5.92 Å². The van der Waals surface area contributed by atoms with Crippen molar-refractivity contribution in [2.24, 2.45) is 5.92 Å². The van der Waals surface area contributed by atoms with E-state index in [1.165, 1.54) is 18.4 Å². The van der Waals surface area contributed by atoms with Crippen LogP contribution in [0.5, 0.6) is 11.5 Å². The molecule has 2 aliphatic heterocycles. The van der Waals surface area contributed by atoms with Gasteiger partial charge in [0.2, 0.25) is 0 Å². The highest BCUT2D eigenvalue weighted by atomic mass is 79.9. The molecule has 25 heavy (non-hydrogen) atoms. The number of benzene rings is 1. The van der Waals surface area contributed by atoms with Crippen molar-refractivity contribution in [3.8, 4) is 11.5 Å². The van der Waals surface area contributed by atoms with Gasteiger partial charge in [-0.05, 0) is 43.0 Å². The Morgan fingerprint density at radius 1 is 1.16 bits per heavy atom. The average Bonchev–Trinajstić information content (AvgIpc) is 3.01. The first-order chi connectivity index (χ1) is 12.3. The van der Waals surface area contributed by atoms with E-state index in [2.05, 4.69) is 37.0 Å². The third-order valence-electron chi connectivity index (χ3n) is 4.83. The van der Waals surface area contributed by atoms with E-state index in [0.717, 1.165) is 61.8 Å². The summed E-state index contributed by atoms with van der Waals surface area (Å²) in [4.78, 5) is 6.56. The van der Waals surface area contributed by atoms with Crippen molar-refractivity contribution in [3.05, 3.63) is 34.8 Å². The van der Waals surface area contributed by atoms with E-state index in [4.69, 9.17) is 9.47 Å². The first-order valence-corrected chi connectivity index (χ1v) is 9.70. The Balaban J connectivity index is 1.43. The second-order valence-electron chi connectivity index (χ2n) is 6.80. The second-order valence-corrected chi connectivity index (χ2v) is 7.66. The van der Waals surface area contributed by atoms with Gasteiger partial charge < -0.3 is 9.47 Å². The fourth-order valence-corrected chi connectivity index (χ4v) is 4.07. The zero-order valence-corrected chi connectivity index (χ0v) is 15.8. The molecule has 0 spiro atoms. The highest BCUT2D eigenvalue weighted by molar-refractivity contribution is 9.10. The van der Waals surface area contributed by atoms with Crippen molar-refractivity contribution in [3.63, 3.8) is 0 Å². The number of aromatic nitrogens is 3. The Labute approximate surface area is 156 Å². The Morgan fingerprint density at radius 2 is 2.00 bits per heavy atom. The van der Waals surface area contributed by atoms with Crippen LogP contribution in [0.3, 0.4) is 0 Å². The first-order valence-electron chi connectivity index (χ1n) is 8.91. The van der Waals surface area contributed by atoms with Gasteiger partial charge >= 0.3 is 0 Å². The predicted octanol–water partition coefficient (Wildman–Crippen LogP) is 3.11. The van der Waals surface area contributed by atoms with E-state index in [1.807, 2.05) is 10.7 Å². The van der Waals surface area contributed by atoms with Gasteiger partial charge in [0.15, 0.2) is 11.5 Å². The fraction of sp³-hybridized carbons (Fsp3) is 0.556. The number of hydrogen-bond acceptors (Lipinski definition) is 5. The minimum Gasteiger partial charge on any atom is -0.490 e. The minimum absolute atomic E-state index is 0.620. The normalized spacial score (nSPS) is 21.1. The van der Waals surface area contributed by atoms with Gasteiger partial charge in [0.05, 0.1) is 13.2 Å². The maximum absolute atomic E-state index is 5.84. The Morgan fingerprint density at radius 3 is 2.80 bits per heavy atom. The lowest BCUT2D eigenvalue weighted by atomic mass is 9.97. The highest BCUT2D eigenvalue weighted by Gasteiger charge is 2.22. The molecule has 0 N–H and O–H groups in total. The lowest BCUT2D eigenvalue weighted by Crippen LogP contribution is -2.36. The number of nitrogens with zero attached hydrogens (tertiary/aromatic N) is 4. The van der Waals surface area contributed by atoms with Crippen LogP contribution in [0.1, 0.15) is 24.8 Å². The quantitative estimate of drug-likeness (QED) is 0.780. The van der Waals surface area contributed by atoms with Gasteiger partial charge in [-0.25, -0.2) is 4.98 Å². The fourth-order valence-electron chi connectivity index (χ4n) is 3.62. The van der Waals surface area contributed by atoms with Crippen LogP contribution in [0.4, 0.5) is 0 Å². The molecule has 1 saturated heterocycles. The molecule has 1 aromatic carbocycles. The van der Waals surface area contributed by atoms with Crippen molar-refractivity contribution in [2.45, 2.75) is 32.4 Å². The van der Waals surface area contributed by atoms with Crippen molar-refractivity contribution in [1.29, 1.82) is 0 Å². The first kappa shape index (κ1) is 16.8. The van der Waals surface area contributed by atoms with Gasteiger partial charge in [-0.3, -0.25) is 9.58 Å². The standard InChI is InChI=1S/C18H23BrN4O2/c19-16-8-18-17(24-5-2-6-25-18)7-15(16)11-22-4-1-3-14(9-22)10-23-13-20-12-21-23/h7-8,12-14H,1-6,9-11H2. The van der Waals surface area contributed by atoms with Crippen LogP contribution < -0.4 is 9.47 Å². The van der Waals surface area contributed by atoms with Gasteiger partial charge in [-0.1, -0.05) is 15.9 Å². The predicted molar refractivity (Wildman–Crippen MR) is 97.8 cm³/mol. The summed E-state index contributed by atoms with van der Waals surface area (Å²) >= 11 is 3.71. The third kappa shape index (κ3) is 4.15. The van der Waals surface area contributed by atoms with Crippen LogP contribution in [-0.2, 0) is 13.1 Å². The van der Waals surface area contributed by atoms with Crippen LogP contribution in [0.2, 0.25) is 0 Å². The molecule has 7 heteroatoms. The SMILES string of the molecule is Brc1cc2c(cc1CN1CCCC(Cn3cncn3)C1)OCCCO2. The molecule has 3 heterocycles. The molecule has 6 nitrogen and oxygen atoms in total. The zero-order chi connectivity index (χ0) is 17.1. The number of rotatable bonds is 4. The topological polar surface area (TPSA) is 52.4 Å². The molecule has 1 unspecified atom stereocenters. The average molecular weight is 407 g/mol. The van der Waals surface area contributed by atoms with E-state index >= 15 is 0 Å². The van der Waals surface area contributed by atoms with Crippen LogP contribution in [0, 0.1) is 5.92 Å². The van der Waals surface area contributed by atoms with Crippen molar-refractivity contribution >= 4 is 15.9 Å². The summed E-state index contributed by atoms with van der Waals surface area (Å²) in [6, 6.07) is 4.18. The van der Waals surface area contributed by atoms with E-state index in [9.17, 15) is 0 Å². The molecule has 0 aliphatic carbocycles. The summed E-state index contributed by atoms with van der Waals surface area (Å²) in [6.07, 6.45) is 6.81. The van der Waals surface area contributed by atoms with E-state index < -0.39 is 0 Å². The number of halogens is 1. The van der Waals surface area contributed by atoms with Crippen molar-refractivity contribution < 1.29 is 9.47 Å². The number of hydrogen-bond donors (Lipinski definition) is 0. The lowest BCUT2D eigenvalue weighted by Gasteiger charge is -2.33. The molecule has 0 saturated carbocycles. The summed E-state index contributed by atoms with van der Waals surface area (Å²) in [5.41, 5.74) is 1.26. The molecule has 0 radical (unpaired) electrons. The zero-order valence-electron chi connectivity index (χ0n) is 14.2. The molecule has 1 atom stereocenters. The van der Waals surface area contributed by atoms with Gasteiger partial charge in [0.25, 0.3) is 0 Å². The monoisotopic (exact) mass is 406 g/mol. The molecule has 0 bridgehead atoms. The molecule has 1 aromatic heterocycles. The summed E-state index contributed by atoms with van der Waals surface area (Å²) in [5, 5.41) is 4.24. The summed E-state index contributed by atoms with van der Waals surface area (Å²) in [7, 11) is 0. The highest BCUT2D eigenvalue weighted by Crippen LogP contribution is 2.36. The number of ether oxygens (including phenoxy) is 2. The molecule has 2 aromatic rings. The van der Waals surface area contributed by atoms with Crippen LogP contribution in [0.15, 0.2) is 29.3 Å². The lowest BCUT2D eigenvalue weighted by molar-refractivity contribution is 0.153. The van der Waals surface area contributed by atoms with Gasteiger partial charge in [-0.2, -0.15) is 5.10 Å². The van der Waals surface area contributed by atoms with E-state index in [1.54, 1.807) is 12.7 Å². The van der Waals surface area contributed by atoms with Crippen LogP contribution >= 0.6 is 15.9 Å². The largest absolute Gasteiger partial charge is 0.490 e. The Kier molecular flexibility index (Phi) is 5.22. The molecular weight excluding hydrogens is 384 g/mol. The summed E-state index contributed by atoms with van der Waals surface area (Å²) in [6.45, 7) is 5.52. The van der Waals surface area contributed by atoms with Gasteiger partial charge in [-0.15, -0.1) is 0 Å². The van der Waals surface area contributed by atoms with Gasteiger partial charge in [0.1, 0.15) is 12.7 Å². The second kappa shape index (κ2) is 7.74. The van der Waals surface area contributed by atoms with Crippen LogP contribution in [0.25, 0.3) is 0 Å². The number of fused-ring (bicyclic) bond motifs is 1. The maximum Gasteiger partial charge on any atom is 0.162 e. The third-order valence-corrected chi connectivity index (χ3v) is 5.56. The van der Waals surface area contributed by atoms with Crippen molar-refractivity contribution in [2.75, 3.05) is 26.3 Å². The summed E-state index contributed by atoms with van der Waals surface area (Å²) in [5.74, 6) is 2.33. The Bertz CT molecular complexity index is 707. The Hall–Kier alpha value is -1.60. The number of piperidine rings is 1. The molecule has 0 amide bonds. The summed E-state index contributed by atoms with van der Waals surface area (Å²) < 4.78 is 14.6. The van der Waals surface area contributed by atoms with Crippen molar-refractivity contribution in [1.82, 2.24) is 19.7 Å².